The van der Waals surface area contributed by atoms with Gasteiger partial charge in [0.05, 0.1) is 5.69 Å². The number of nitrogens with two attached hydrogens (primary N) is 3. The van der Waals surface area contributed by atoms with Gasteiger partial charge in [-0.05, 0) is 40.0 Å². The molecule has 3 rings (SSSR count). The number of nitrogens with one attached hydrogen (secondary N) is 1. The van der Waals surface area contributed by atoms with Crippen molar-refractivity contribution in [3.63, 3.8) is 0 Å². The lowest BCUT2D eigenvalue weighted by atomic mass is 10.1. The molecule has 2 aliphatic rings. The summed E-state index contributed by atoms with van der Waals surface area (Å²) in [6.45, 7) is 8.14. The summed E-state index contributed by atoms with van der Waals surface area (Å²) in [4.78, 5) is 13.3. The van der Waals surface area contributed by atoms with E-state index in [2.05, 4.69) is 38.2 Å². The van der Waals surface area contributed by atoms with Crippen LogP contribution in [0.4, 0.5) is 11.8 Å². The van der Waals surface area contributed by atoms with E-state index < -0.39 is 0 Å². The number of aromatic nitrogens is 2. The number of nitrogens with zero attached hydrogens (tertiary/aromatic N) is 4. The Morgan fingerprint density at radius 3 is 2.24 bits per heavy atom. The molecule has 25 heavy (non-hydrogen) atoms. The van der Waals surface area contributed by atoms with E-state index in [1.165, 1.54) is 12.8 Å². The van der Waals surface area contributed by atoms with E-state index in [1.807, 2.05) is 20.9 Å². The van der Waals surface area contributed by atoms with Gasteiger partial charge in [-0.2, -0.15) is 4.98 Å². The van der Waals surface area contributed by atoms with Crippen LogP contribution in [-0.2, 0) is 6.54 Å². The molecule has 1 aromatic rings. The molecule has 2 fully saturated rings. The first-order valence-electron chi connectivity index (χ1n) is 9.14. The molecule has 0 amide bonds. The Labute approximate surface area is 152 Å². The third-order valence-electron chi connectivity index (χ3n) is 3.98. The molecule has 1 aliphatic carbocycles. The summed E-state index contributed by atoms with van der Waals surface area (Å²) < 4.78 is 0. The second kappa shape index (κ2) is 11.2. The number of anilines is 2. The van der Waals surface area contributed by atoms with Crippen LogP contribution in [-0.4, -0.2) is 67.2 Å². The van der Waals surface area contributed by atoms with Gasteiger partial charge in [-0.3, -0.25) is 4.90 Å². The van der Waals surface area contributed by atoms with Gasteiger partial charge in [0.15, 0.2) is 0 Å². The van der Waals surface area contributed by atoms with Crippen LogP contribution >= 0.6 is 0 Å². The Morgan fingerprint density at radius 1 is 1.20 bits per heavy atom. The van der Waals surface area contributed by atoms with Gasteiger partial charge in [0.25, 0.3) is 0 Å². The highest BCUT2D eigenvalue weighted by Crippen LogP contribution is 2.27. The quantitative estimate of drug-likeness (QED) is 0.584. The van der Waals surface area contributed by atoms with Crippen molar-refractivity contribution in [1.29, 1.82) is 0 Å². The summed E-state index contributed by atoms with van der Waals surface area (Å²) in [6, 6.07) is 3.37. The maximum atomic E-state index is 5.83. The van der Waals surface area contributed by atoms with E-state index >= 15 is 0 Å². The van der Waals surface area contributed by atoms with E-state index in [9.17, 15) is 0 Å². The molecule has 0 atom stereocenters. The molecule has 1 saturated carbocycles. The summed E-state index contributed by atoms with van der Waals surface area (Å²) in [7, 11) is 4.14. The molecular weight excluding hydrogens is 316 g/mol. The van der Waals surface area contributed by atoms with E-state index in [4.69, 9.17) is 17.2 Å². The monoisotopic (exact) mass is 352 g/mol. The van der Waals surface area contributed by atoms with Gasteiger partial charge < -0.3 is 27.4 Å². The fraction of sp³-hybridized carbons (Fsp3) is 0.765. The average Bonchev–Trinajstić information content (AvgIpc) is 3.32. The van der Waals surface area contributed by atoms with Gasteiger partial charge in [0, 0.05) is 37.8 Å². The smallest absolute Gasteiger partial charge is 0.222 e. The van der Waals surface area contributed by atoms with Crippen LogP contribution < -0.4 is 27.4 Å². The molecule has 8 nitrogen and oxygen atoms in total. The van der Waals surface area contributed by atoms with Crippen LogP contribution in [0, 0.1) is 0 Å². The normalized spacial score (nSPS) is 16.5. The van der Waals surface area contributed by atoms with Gasteiger partial charge in [-0.15, -0.1) is 0 Å². The van der Waals surface area contributed by atoms with Gasteiger partial charge in [-0.1, -0.05) is 13.8 Å². The van der Waals surface area contributed by atoms with Crippen LogP contribution in [0.3, 0.4) is 0 Å². The highest BCUT2D eigenvalue weighted by Gasteiger charge is 2.28. The Kier molecular flexibility index (Phi) is 9.66. The number of hydrogen-bond acceptors (Lipinski definition) is 8. The summed E-state index contributed by atoms with van der Waals surface area (Å²) in [5.74, 6) is 1.34. The maximum absolute atomic E-state index is 5.83. The predicted octanol–water partition coefficient (Wildman–Crippen LogP) is -0.00900. The first-order valence-corrected chi connectivity index (χ1v) is 9.14. The zero-order valence-corrected chi connectivity index (χ0v) is 16.2. The van der Waals surface area contributed by atoms with E-state index in [0.29, 0.717) is 12.0 Å². The van der Waals surface area contributed by atoms with Crippen molar-refractivity contribution in [2.75, 3.05) is 50.9 Å². The Hall–Kier alpha value is -1.48. The molecule has 1 aliphatic heterocycles. The molecule has 8 heteroatoms. The third-order valence-corrected chi connectivity index (χ3v) is 3.98. The van der Waals surface area contributed by atoms with E-state index in [-0.39, 0.29) is 0 Å². The lowest BCUT2D eigenvalue weighted by Gasteiger charge is -2.40. The Morgan fingerprint density at radius 2 is 1.76 bits per heavy atom. The fourth-order valence-electron chi connectivity index (χ4n) is 2.49. The van der Waals surface area contributed by atoms with Crippen molar-refractivity contribution in [2.24, 2.45) is 11.5 Å². The fourth-order valence-corrected chi connectivity index (χ4v) is 2.49. The van der Waals surface area contributed by atoms with Crippen molar-refractivity contribution in [2.45, 2.75) is 45.3 Å². The minimum Gasteiger partial charge on any atom is -0.368 e. The van der Waals surface area contributed by atoms with Gasteiger partial charge in [0.2, 0.25) is 5.95 Å². The van der Waals surface area contributed by atoms with E-state index in [0.717, 1.165) is 50.3 Å². The highest BCUT2D eigenvalue weighted by molar-refractivity contribution is 5.46. The molecule has 1 saturated heterocycles. The molecule has 7 N–H and O–H groups in total. The van der Waals surface area contributed by atoms with Crippen molar-refractivity contribution in [3.8, 4) is 0 Å². The number of hydrogen-bond donors (Lipinski definition) is 4. The van der Waals surface area contributed by atoms with Crippen LogP contribution in [0.15, 0.2) is 6.07 Å². The molecule has 0 radical (unpaired) electrons. The Balaban J connectivity index is 0.000000460. The summed E-state index contributed by atoms with van der Waals surface area (Å²) in [5, 5.41) is 3.26. The van der Waals surface area contributed by atoms with Crippen molar-refractivity contribution in [3.05, 3.63) is 11.8 Å². The lowest BCUT2D eigenvalue weighted by Crippen LogP contribution is -2.57. The predicted molar refractivity (Wildman–Crippen MR) is 105 cm³/mol. The van der Waals surface area contributed by atoms with Crippen LogP contribution in [0.5, 0.6) is 0 Å². The zero-order chi connectivity index (χ0) is 18.8. The zero-order valence-electron chi connectivity index (χ0n) is 16.2. The standard InChI is InChI=1S/C13H22N6.2C2H7N/c1-15-10-7-19(8-10)12-5-9(16-13(14)17-12)6-18(2)11-3-4-11;2*1-2-3/h5,10-11,15H,3-4,6-8H2,1-2H3,(H2,14,16,17);2*2-3H2,1H3. The highest BCUT2D eigenvalue weighted by atomic mass is 15.3. The molecule has 144 valence electrons. The van der Waals surface area contributed by atoms with Crippen LogP contribution in [0.25, 0.3) is 0 Å². The SMILES string of the molecule is CCN.CCN.CNC1CN(c2cc(CN(C)C3CC3)nc(N)n2)C1. The van der Waals surface area contributed by atoms with Crippen molar-refractivity contribution in [1.82, 2.24) is 20.2 Å². The topological polar surface area (TPSA) is 122 Å². The number of rotatable bonds is 5. The Bertz CT molecular complexity index is 484. The van der Waals surface area contributed by atoms with Crippen LogP contribution in [0.1, 0.15) is 32.4 Å². The minimum absolute atomic E-state index is 0.379. The van der Waals surface area contributed by atoms with Gasteiger partial charge in [0.1, 0.15) is 5.82 Å². The van der Waals surface area contributed by atoms with Gasteiger partial charge >= 0.3 is 0 Å². The lowest BCUT2D eigenvalue weighted by molar-refractivity contribution is 0.312. The molecule has 0 aromatic carbocycles. The first-order chi connectivity index (χ1) is 12.0. The average molecular weight is 353 g/mol. The molecule has 1 aromatic heterocycles. The van der Waals surface area contributed by atoms with Gasteiger partial charge in [-0.25, -0.2) is 4.98 Å². The molecule has 0 bridgehead atoms. The second-order valence-electron chi connectivity index (χ2n) is 6.43. The minimum atomic E-state index is 0.379. The largest absolute Gasteiger partial charge is 0.368 e. The second-order valence-corrected chi connectivity index (χ2v) is 6.43. The van der Waals surface area contributed by atoms with Crippen LogP contribution in [0.2, 0.25) is 0 Å². The number of nitrogen functional groups attached to an aromatic ring is 1. The summed E-state index contributed by atoms with van der Waals surface area (Å²) >= 11 is 0. The molecule has 0 unspecified atom stereocenters. The summed E-state index contributed by atoms with van der Waals surface area (Å²) in [6.07, 6.45) is 2.61. The van der Waals surface area contributed by atoms with Crippen molar-refractivity contribution < 1.29 is 0 Å². The summed E-state index contributed by atoms with van der Waals surface area (Å²) in [5.41, 5.74) is 16.5. The number of likely N-dealkylation sites (N-methyl/N-ethyl adjacent to an activating group) is 1. The third kappa shape index (κ3) is 7.52. The maximum Gasteiger partial charge on any atom is 0.222 e. The first kappa shape index (κ1) is 21.6. The molecular formula is C17H36N8. The molecule has 2 heterocycles. The van der Waals surface area contributed by atoms with Crippen molar-refractivity contribution >= 4 is 11.8 Å². The molecule has 0 spiro atoms. The van der Waals surface area contributed by atoms with E-state index in [1.54, 1.807) is 0 Å².